The predicted octanol–water partition coefficient (Wildman–Crippen LogP) is 9.38. The molecule has 0 unspecified atom stereocenters. The number of quaternary nitrogens is 1. The Hall–Kier alpha value is -4.64. The lowest BCUT2D eigenvalue weighted by atomic mass is 9.72. The SMILES string of the molecule is CC(=O)n1c(-c2ccnn2-c2ccc(C#N)cc2)c(C)n(-c2cccc(C(F)(F)F)c2)c1=O.CCCC1CC(C[N+](C)(C)C)C1.COSC1=CCCC=C1. The van der Waals surface area contributed by atoms with Crippen LogP contribution in [0.3, 0.4) is 0 Å². The second-order valence-electron chi connectivity index (χ2n) is 14.5. The number of benzene rings is 2. The quantitative estimate of drug-likeness (QED) is 0.125. The van der Waals surface area contributed by atoms with E-state index in [9.17, 15) is 22.8 Å². The van der Waals surface area contributed by atoms with E-state index in [2.05, 4.69) is 51.4 Å². The van der Waals surface area contributed by atoms with E-state index in [1.165, 1.54) is 85.5 Å². The van der Waals surface area contributed by atoms with Crippen molar-refractivity contribution >= 4 is 17.9 Å². The summed E-state index contributed by atoms with van der Waals surface area (Å²) in [7, 11) is 8.58. The number of nitriles is 1. The minimum Gasteiger partial charge on any atom is -0.331 e. The van der Waals surface area contributed by atoms with Crippen LogP contribution >= 0.6 is 12.0 Å². The molecule has 2 aliphatic rings. The van der Waals surface area contributed by atoms with Crippen LogP contribution in [-0.4, -0.2) is 64.1 Å². The molecule has 2 aromatic heterocycles. The summed E-state index contributed by atoms with van der Waals surface area (Å²) in [6.45, 7) is 6.42. The zero-order valence-corrected chi connectivity index (χ0v) is 32.9. The summed E-state index contributed by atoms with van der Waals surface area (Å²) in [5.41, 5.74) is 0.153. The molecule has 0 N–H and O–H groups in total. The molecule has 1 fully saturated rings. The smallest absolute Gasteiger partial charge is 0.331 e. The van der Waals surface area contributed by atoms with E-state index in [1.54, 1.807) is 44.4 Å². The van der Waals surface area contributed by atoms with Crippen LogP contribution in [-0.2, 0) is 10.4 Å². The van der Waals surface area contributed by atoms with Crippen molar-refractivity contribution in [1.29, 1.82) is 5.26 Å². The summed E-state index contributed by atoms with van der Waals surface area (Å²) < 4.78 is 49.2. The summed E-state index contributed by atoms with van der Waals surface area (Å²) in [5.74, 6) is 1.50. The van der Waals surface area contributed by atoms with Gasteiger partial charge in [0, 0.05) is 29.8 Å². The number of rotatable bonds is 9. The van der Waals surface area contributed by atoms with Crippen molar-refractivity contribution in [3.05, 3.63) is 111 Å². The van der Waals surface area contributed by atoms with Gasteiger partial charge in [0.25, 0.3) is 0 Å². The monoisotopic (exact) mass is 763 g/mol. The summed E-state index contributed by atoms with van der Waals surface area (Å²) in [4.78, 5) is 26.9. The second kappa shape index (κ2) is 18.6. The third-order valence-corrected chi connectivity index (χ3v) is 9.80. The van der Waals surface area contributed by atoms with Crippen molar-refractivity contribution in [1.82, 2.24) is 18.9 Å². The van der Waals surface area contributed by atoms with Gasteiger partial charge in [-0.05, 0) is 87.1 Å². The van der Waals surface area contributed by atoms with Gasteiger partial charge in [-0.15, -0.1) is 0 Å². The number of alkyl halides is 3. The van der Waals surface area contributed by atoms with Crippen LogP contribution in [0.2, 0.25) is 0 Å². The summed E-state index contributed by atoms with van der Waals surface area (Å²) in [6, 6.07) is 14.5. The van der Waals surface area contributed by atoms with E-state index in [1.807, 2.05) is 6.07 Å². The number of nitrogens with zero attached hydrogens (tertiary/aromatic N) is 6. The maximum atomic E-state index is 13.2. The third kappa shape index (κ3) is 11.0. The molecule has 0 spiro atoms. The zero-order valence-electron chi connectivity index (χ0n) is 32.1. The number of aromatic nitrogens is 4. The average Bonchev–Trinajstić information content (AvgIpc) is 3.69. The largest absolute Gasteiger partial charge is 0.416 e. The van der Waals surface area contributed by atoms with Gasteiger partial charge in [-0.1, -0.05) is 44.1 Å². The number of hydrogen-bond donors (Lipinski definition) is 0. The van der Waals surface area contributed by atoms with Gasteiger partial charge in [0.05, 0.1) is 86.6 Å². The Morgan fingerprint density at radius 2 is 1.76 bits per heavy atom. The zero-order chi connectivity index (χ0) is 39.6. The Bertz CT molecular complexity index is 2040. The van der Waals surface area contributed by atoms with E-state index in [4.69, 9.17) is 9.44 Å². The highest BCUT2D eigenvalue weighted by Gasteiger charge is 2.33. The molecule has 0 amide bonds. The van der Waals surface area contributed by atoms with E-state index < -0.39 is 23.3 Å². The molecular weight excluding hydrogens is 714 g/mol. The van der Waals surface area contributed by atoms with Gasteiger partial charge in [0.15, 0.2) is 0 Å². The van der Waals surface area contributed by atoms with Gasteiger partial charge in [-0.3, -0.25) is 9.36 Å². The highest BCUT2D eigenvalue weighted by Crippen LogP contribution is 2.37. The van der Waals surface area contributed by atoms with Gasteiger partial charge in [0.2, 0.25) is 5.91 Å². The number of carbonyl (C=O) groups is 1. The number of allylic oxidation sites excluding steroid dienone is 3. The van der Waals surface area contributed by atoms with Gasteiger partial charge in [-0.2, -0.15) is 23.5 Å². The van der Waals surface area contributed by atoms with Crippen LogP contribution in [0.1, 0.15) is 74.0 Å². The van der Waals surface area contributed by atoms with Gasteiger partial charge in [0.1, 0.15) is 0 Å². The van der Waals surface area contributed by atoms with Gasteiger partial charge >= 0.3 is 11.9 Å². The predicted molar refractivity (Wildman–Crippen MR) is 208 cm³/mol. The molecule has 0 saturated heterocycles. The normalized spacial score (nSPS) is 16.6. The van der Waals surface area contributed by atoms with Crippen molar-refractivity contribution in [2.24, 2.45) is 11.8 Å². The average molecular weight is 764 g/mol. The van der Waals surface area contributed by atoms with Crippen molar-refractivity contribution in [2.75, 3.05) is 34.8 Å². The standard InChI is InChI=1S/C23H16F3N5O2.C11H24N.C7H10OS/c1-14-21(20-10-11-28-31(20)18-8-6-16(13-27)7-9-18)30(15(2)32)22(33)29(14)19-5-3-4-17(12-19)23(24,25)26;1-5-6-10-7-11(8-10)9-12(2,3)4;1-8-9-7-5-3-2-4-6-7/h3-12H,1-2H3;10-11H,5-9H2,1-4H3;3,5-6H,2,4H2,1H3/q;+1;. The first-order valence-electron chi connectivity index (χ1n) is 18.0. The first kappa shape index (κ1) is 42.1. The highest BCUT2D eigenvalue weighted by molar-refractivity contribution is 7.98. The lowest BCUT2D eigenvalue weighted by Crippen LogP contribution is -2.43. The van der Waals surface area contributed by atoms with E-state index in [0.717, 1.165) is 44.0 Å². The molecule has 54 heavy (non-hydrogen) atoms. The van der Waals surface area contributed by atoms with Crippen LogP contribution in [0.25, 0.3) is 22.8 Å². The van der Waals surface area contributed by atoms with Crippen LogP contribution in [0.4, 0.5) is 13.2 Å². The van der Waals surface area contributed by atoms with Crippen LogP contribution in [0.15, 0.2) is 88.7 Å². The third-order valence-electron chi connectivity index (χ3n) is 9.13. The number of carbonyl (C=O) groups excluding carboxylic acids is 1. The van der Waals surface area contributed by atoms with Crippen molar-refractivity contribution in [3.63, 3.8) is 0 Å². The summed E-state index contributed by atoms with van der Waals surface area (Å²) in [6.07, 6.45) is 11.5. The van der Waals surface area contributed by atoms with Crippen LogP contribution in [0, 0.1) is 30.1 Å². The molecule has 13 heteroatoms. The molecule has 2 heterocycles. The Morgan fingerprint density at radius 3 is 2.31 bits per heavy atom. The minimum atomic E-state index is -4.59. The van der Waals surface area contributed by atoms with Gasteiger partial charge in [-0.25, -0.2) is 14.0 Å². The molecule has 0 aliphatic heterocycles. The van der Waals surface area contributed by atoms with Crippen LogP contribution in [0.5, 0.6) is 0 Å². The first-order chi connectivity index (χ1) is 25.6. The molecule has 0 bridgehead atoms. The van der Waals surface area contributed by atoms with E-state index >= 15 is 0 Å². The molecule has 4 aromatic rings. The first-order valence-corrected chi connectivity index (χ1v) is 18.8. The maximum Gasteiger partial charge on any atom is 0.416 e. The fourth-order valence-electron chi connectivity index (χ4n) is 6.88. The van der Waals surface area contributed by atoms with Crippen molar-refractivity contribution in [2.45, 2.75) is 65.5 Å². The molecule has 0 atom stereocenters. The lowest BCUT2D eigenvalue weighted by molar-refractivity contribution is -0.874. The number of halogens is 3. The number of hydrogen-bond acceptors (Lipinski definition) is 6. The maximum absolute atomic E-state index is 13.2. The molecule has 1 saturated carbocycles. The molecule has 6 rings (SSSR count). The molecule has 9 nitrogen and oxygen atoms in total. The van der Waals surface area contributed by atoms with Crippen molar-refractivity contribution < 1.29 is 26.6 Å². The summed E-state index contributed by atoms with van der Waals surface area (Å²) in [5, 5.41) is 13.3. The van der Waals surface area contributed by atoms with Gasteiger partial charge < -0.3 is 8.67 Å². The topological polar surface area (TPSA) is 94.8 Å². The lowest BCUT2D eigenvalue weighted by Gasteiger charge is -2.39. The molecule has 2 aromatic carbocycles. The Balaban J connectivity index is 0.000000251. The van der Waals surface area contributed by atoms with Crippen LogP contribution < -0.4 is 5.69 Å². The fraction of sp³-hybridized carbons (Fsp3) is 0.415. The Kier molecular flexibility index (Phi) is 14.5. The molecular formula is C41H50F3N6O3S+. The minimum absolute atomic E-state index is 0.0157. The van der Waals surface area contributed by atoms with E-state index in [0.29, 0.717) is 16.9 Å². The summed E-state index contributed by atoms with van der Waals surface area (Å²) >= 11 is 1.43. The molecule has 2 aliphatic carbocycles. The molecule has 0 radical (unpaired) electrons. The number of imidazole rings is 1. The van der Waals surface area contributed by atoms with E-state index in [-0.39, 0.29) is 17.1 Å². The second-order valence-corrected chi connectivity index (χ2v) is 15.5. The Morgan fingerprint density at radius 1 is 1.06 bits per heavy atom. The highest BCUT2D eigenvalue weighted by atomic mass is 32.2. The fourth-order valence-corrected chi connectivity index (χ4v) is 7.41. The molecule has 288 valence electrons. The Labute approximate surface area is 320 Å². The van der Waals surface area contributed by atoms with Crippen molar-refractivity contribution in [3.8, 4) is 28.8 Å².